The summed E-state index contributed by atoms with van der Waals surface area (Å²) in [5.41, 5.74) is 3.22. The molecule has 1 aliphatic heterocycles. The first kappa shape index (κ1) is 15.9. The Labute approximate surface area is 144 Å². The van der Waals surface area contributed by atoms with Crippen LogP contribution in [-0.4, -0.2) is 26.0 Å². The molecular weight excluding hydrogens is 322 g/mol. The van der Waals surface area contributed by atoms with Crippen molar-refractivity contribution in [3.8, 4) is 0 Å². The fourth-order valence-corrected chi connectivity index (χ4v) is 3.22. The number of nitrogens with zero attached hydrogens (tertiary/aromatic N) is 4. The molecule has 0 fully saturated rings. The number of halogens is 2. The van der Waals surface area contributed by atoms with E-state index in [1.165, 1.54) is 23.9 Å². The number of benzene rings is 1. The van der Waals surface area contributed by atoms with Crippen molar-refractivity contribution in [2.24, 2.45) is 0 Å². The lowest BCUT2D eigenvalue weighted by atomic mass is 10.1. The molecule has 0 saturated carbocycles. The molecule has 3 aromatic rings. The molecule has 2 aromatic heterocycles. The number of rotatable bonds is 4. The van der Waals surface area contributed by atoms with E-state index in [9.17, 15) is 8.78 Å². The molecule has 0 bridgehead atoms. The Morgan fingerprint density at radius 2 is 1.68 bits per heavy atom. The first-order valence-electron chi connectivity index (χ1n) is 8.28. The van der Waals surface area contributed by atoms with Gasteiger partial charge >= 0.3 is 0 Å². The third-order valence-corrected chi connectivity index (χ3v) is 4.52. The van der Waals surface area contributed by atoms with E-state index >= 15 is 0 Å². The van der Waals surface area contributed by atoms with Gasteiger partial charge in [-0.05, 0) is 29.3 Å². The van der Waals surface area contributed by atoms with Crippen molar-refractivity contribution in [3.05, 3.63) is 83.2 Å². The van der Waals surface area contributed by atoms with Crippen LogP contribution in [0, 0.1) is 11.8 Å². The van der Waals surface area contributed by atoms with Crippen molar-refractivity contribution in [2.45, 2.75) is 26.1 Å². The number of hydrogen-bond acceptors (Lipinski definition) is 3. The summed E-state index contributed by atoms with van der Waals surface area (Å²) in [6.45, 7) is 3.30. The molecule has 1 aromatic carbocycles. The number of aromatic nitrogens is 3. The fraction of sp³-hybridized carbons (Fsp3) is 0.263. The van der Waals surface area contributed by atoms with Gasteiger partial charge in [0.15, 0.2) is 0 Å². The van der Waals surface area contributed by atoms with Gasteiger partial charge in [0.25, 0.3) is 0 Å². The summed E-state index contributed by atoms with van der Waals surface area (Å²) in [5, 5.41) is 0. The molecule has 0 radical (unpaired) electrons. The SMILES string of the molecule is Fc1ccc(Cc2ncc3n2CCN(Cc2ccc(F)nc2)C3)cc1. The van der Waals surface area contributed by atoms with Crippen LogP contribution in [0.3, 0.4) is 0 Å². The minimum atomic E-state index is -0.453. The minimum Gasteiger partial charge on any atom is -0.329 e. The third kappa shape index (κ3) is 3.58. The molecule has 0 spiro atoms. The quantitative estimate of drug-likeness (QED) is 0.684. The summed E-state index contributed by atoms with van der Waals surface area (Å²) in [7, 11) is 0. The molecule has 0 atom stereocenters. The first-order chi connectivity index (χ1) is 12.2. The summed E-state index contributed by atoms with van der Waals surface area (Å²) in [6, 6.07) is 9.72. The zero-order valence-corrected chi connectivity index (χ0v) is 13.7. The monoisotopic (exact) mass is 340 g/mol. The van der Waals surface area contributed by atoms with Crippen LogP contribution in [0.1, 0.15) is 22.6 Å². The average Bonchev–Trinajstić information content (AvgIpc) is 3.01. The van der Waals surface area contributed by atoms with Gasteiger partial charge in [-0.2, -0.15) is 4.39 Å². The molecule has 4 rings (SSSR count). The highest BCUT2D eigenvalue weighted by atomic mass is 19.1. The Morgan fingerprint density at radius 1 is 0.880 bits per heavy atom. The van der Waals surface area contributed by atoms with E-state index in [1.807, 2.05) is 6.20 Å². The van der Waals surface area contributed by atoms with E-state index in [-0.39, 0.29) is 5.82 Å². The second-order valence-electron chi connectivity index (χ2n) is 6.32. The number of fused-ring (bicyclic) bond motifs is 1. The molecule has 25 heavy (non-hydrogen) atoms. The maximum Gasteiger partial charge on any atom is 0.212 e. The highest BCUT2D eigenvalue weighted by molar-refractivity contribution is 5.22. The molecule has 0 unspecified atom stereocenters. The van der Waals surface area contributed by atoms with Crippen molar-refractivity contribution >= 4 is 0 Å². The van der Waals surface area contributed by atoms with Gasteiger partial charge in [0.2, 0.25) is 5.95 Å². The standard InChI is InChI=1S/C19H18F2N4/c20-16-4-1-14(2-5-16)9-19-23-11-17-13-24(7-8-25(17)19)12-15-3-6-18(21)22-10-15/h1-6,10-11H,7-9,12-13H2. The minimum absolute atomic E-state index is 0.222. The molecule has 4 nitrogen and oxygen atoms in total. The Balaban J connectivity index is 1.45. The Morgan fingerprint density at radius 3 is 2.44 bits per heavy atom. The Bertz CT molecular complexity index is 856. The lowest BCUT2D eigenvalue weighted by Gasteiger charge is -2.28. The van der Waals surface area contributed by atoms with Crippen molar-refractivity contribution in [1.29, 1.82) is 0 Å². The van der Waals surface area contributed by atoms with E-state index in [0.717, 1.165) is 43.1 Å². The van der Waals surface area contributed by atoms with Gasteiger partial charge in [0.1, 0.15) is 11.6 Å². The van der Waals surface area contributed by atoms with Gasteiger partial charge < -0.3 is 4.57 Å². The fourth-order valence-electron chi connectivity index (χ4n) is 3.22. The number of hydrogen-bond donors (Lipinski definition) is 0. The van der Waals surface area contributed by atoms with Crippen LogP contribution in [-0.2, 0) is 26.1 Å². The van der Waals surface area contributed by atoms with Crippen LogP contribution >= 0.6 is 0 Å². The second kappa shape index (κ2) is 6.72. The van der Waals surface area contributed by atoms with Gasteiger partial charge in [-0.3, -0.25) is 4.90 Å². The zero-order valence-electron chi connectivity index (χ0n) is 13.7. The van der Waals surface area contributed by atoms with Crippen LogP contribution in [0.15, 0.2) is 48.8 Å². The number of imidazole rings is 1. The molecule has 3 heterocycles. The van der Waals surface area contributed by atoms with Gasteiger partial charge in [0.05, 0.1) is 5.69 Å². The topological polar surface area (TPSA) is 34.0 Å². The Hall–Kier alpha value is -2.60. The van der Waals surface area contributed by atoms with E-state index < -0.39 is 5.95 Å². The lowest BCUT2D eigenvalue weighted by Crippen LogP contribution is -2.33. The summed E-state index contributed by atoms with van der Waals surface area (Å²) >= 11 is 0. The summed E-state index contributed by atoms with van der Waals surface area (Å²) in [4.78, 5) is 10.6. The van der Waals surface area contributed by atoms with E-state index in [2.05, 4.69) is 19.4 Å². The highest BCUT2D eigenvalue weighted by Crippen LogP contribution is 2.19. The van der Waals surface area contributed by atoms with Crippen LogP contribution in [0.25, 0.3) is 0 Å². The maximum atomic E-state index is 13.0. The normalized spacial score (nSPS) is 14.5. The second-order valence-corrected chi connectivity index (χ2v) is 6.32. The summed E-state index contributed by atoms with van der Waals surface area (Å²) in [5.74, 6) is 0.329. The van der Waals surface area contributed by atoms with Crippen molar-refractivity contribution in [3.63, 3.8) is 0 Å². The van der Waals surface area contributed by atoms with E-state index in [4.69, 9.17) is 0 Å². The van der Waals surface area contributed by atoms with Crippen LogP contribution in [0.2, 0.25) is 0 Å². The van der Waals surface area contributed by atoms with Crippen molar-refractivity contribution in [1.82, 2.24) is 19.4 Å². The van der Waals surface area contributed by atoms with E-state index in [1.54, 1.807) is 24.4 Å². The van der Waals surface area contributed by atoms with Gasteiger partial charge in [-0.15, -0.1) is 0 Å². The van der Waals surface area contributed by atoms with Crippen LogP contribution in [0.5, 0.6) is 0 Å². The molecule has 0 saturated heterocycles. The highest BCUT2D eigenvalue weighted by Gasteiger charge is 2.19. The van der Waals surface area contributed by atoms with Crippen molar-refractivity contribution in [2.75, 3.05) is 6.54 Å². The Kier molecular flexibility index (Phi) is 4.28. The van der Waals surface area contributed by atoms with E-state index in [0.29, 0.717) is 6.42 Å². The summed E-state index contributed by atoms with van der Waals surface area (Å²) < 4.78 is 28.2. The molecule has 0 aliphatic carbocycles. The molecule has 128 valence electrons. The third-order valence-electron chi connectivity index (χ3n) is 4.52. The molecule has 1 aliphatic rings. The zero-order chi connectivity index (χ0) is 17.2. The van der Waals surface area contributed by atoms with Crippen molar-refractivity contribution < 1.29 is 8.78 Å². The van der Waals surface area contributed by atoms with Gasteiger partial charge in [-0.1, -0.05) is 18.2 Å². The lowest BCUT2D eigenvalue weighted by molar-refractivity contribution is 0.211. The molecule has 0 amide bonds. The van der Waals surface area contributed by atoms with Crippen LogP contribution < -0.4 is 0 Å². The number of pyridine rings is 1. The van der Waals surface area contributed by atoms with Gasteiger partial charge in [0, 0.05) is 45.0 Å². The predicted octanol–water partition coefficient (Wildman–Crippen LogP) is 3.16. The summed E-state index contributed by atoms with van der Waals surface area (Å²) in [6.07, 6.45) is 4.19. The largest absolute Gasteiger partial charge is 0.329 e. The smallest absolute Gasteiger partial charge is 0.212 e. The molecule has 6 heteroatoms. The van der Waals surface area contributed by atoms with Crippen LogP contribution in [0.4, 0.5) is 8.78 Å². The van der Waals surface area contributed by atoms with Gasteiger partial charge in [-0.25, -0.2) is 14.4 Å². The predicted molar refractivity (Wildman–Crippen MR) is 89.7 cm³/mol. The molecule has 0 N–H and O–H groups in total. The molecular formula is C19H18F2N4. The average molecular weight is 340 g/mol. The first-order valence-corrected chi connectivity index (χ1v) is 8.28. The maximum absolute atomic E-state index is 13.0.